The van der Waals surface area contributed by atoms with Crippen molar-refractivity contribution in [2.75, 3.05) is 20.1 Å². The van der Waals surface area contributed by atoms with Gasteiger partial charge in [-0.2, -0.15) is 4.31 Å². The third kappa shape index (κ3) is 5.07. The second-order valence-corrected chi connectivity index (χ2v) is 8.91. The Bertz CT molecular complexity index is 709. The zero-order valence-corrected chi connectivity index (χ0v) is 16.5. The second kappa shape index (κ2) is 8.49. The van der Waals surface area contributed by atoms with E-state index in [2.05, 4.69) is 10.3 Å². The lowest BCUT2D eigenvalue weighted by molar-refractivity contribution is -0.423. The van der Waals surface area contributed by atoms with Crippen LogP contribution in [0.25, 0.3) is 0 Å². The molecule has 0 aromatic heterocycles. The lowest BCUT2D eigenvalue weighted by Gasteiger charge is -2.18. The Morgan fingerprint density at radius 3 is 2.04 bits per heavy atom. The minimum absolute atomic E-state index is 0.00246. The predicted molar refractivity (Wildman–Crippen MR) is 96.2 cm³/mol. The maximum atomic E-state index is 12.4. The summed E-state index contributed by atoms with van der Waals surface area (Å²) in [7, 11) is -2.08. The molecule has 0 spiro atoms. The highest BCUT2D eigenvalue weighted by molar-refractivity contribution is 7.89. The zero-order valence-electron chi connectivity index (χ0n) is 13.4. The van der Waals surface area contributed by atoms with Crippen LogP contribution in [0.4, 0.5) is 0 Å². The van der Waals surface area contributed by atoms with E-state index in [-0.39, 0.29) is 16.3 Å². The van der Waals surface area contributed by atoms with Gasteiger partial charge in [0.15, 0.2) is 0 Å². The average molecular weight is 416 g/mol. The molecule has 6 nitrogen and oxygen atoms in total. The van der Waals surface area contributed by atoms with Crippen molar-refractivity contribution in [3.8, 4) is 0 Å². The molecule has 1 amide bonds. The van der Waals surface area contributed by atoms with Crippen LogP contribution in [0, 0.1) is 0 Å². The molecule has 24 heavy (non-hydrogen) atoms. The molecular weight excluding hydrogens is 397 g/mol. The first kappa shape index (κ1) is 21.2. The number of amidine groups is 1. The molecule has 134 valence electrons. The average Bonchev–Trinajstić information content (AvgIpc) is 2.52. The third-order valence-corrected chi connectivity index (χ3v) is 5.86. The Balaban J connectivity index is 3.02. The van der Waals surface area contributed by atoms with Gasteiger partial charge < -0.3 is 0 Å². The zero-order chi connectivity index (χ0) is 18.5. The highest BCUT2D eigenvalue weighted by Crippen LogP contribution is 2.25. The van der Waals surface area contributed by atoms with Crippen LogP contribution < -0.4 is 10.3 Å². The molecule has 0 radical (unpaired) electrons. The quantitative estimate of drug-likeness (QED) is 0.426. The molecule has 0 saturated carbocycles. The maximum absolute atomic E-state index is 12.4. The second-order valence-electron chi connectivity index (χ2n) is 4.69. The summed E-state index contributed by atoms with van der Waals surface area (Å²) in [5.74, 6) is -0.533. The Morgan fingerprint density at radius 1 is 1.17 bits per heavy atom. The molecule has 0 aliphatic heterocycles. The third-order valence-electron chi connectivity index (χ3n) is 3.23. The minimum Gasteiger partial charge on any atom is -0.277 e. The maximum Gasteiger partial charge on any atom is 0.338 e. The Kier molecular flexibility index (Phi) is 7.49. The van der Waals surface area contributed by atoms with E-state index < -0.39 is 19.7 Å². The van der Waals surface area contributed by atoms with Crippen molar-refractivity contribution in [1.82, 2.24) is 9.62 Å². The van der Waals surface area contributed by atoms with Gasteiger partial charge in [0.2, 0.25) is 10.0 Å². The standard InChI is InChI=1S/C14H18Cl3N3O3S/c1-4-20(5-2)24(22,23)11-8-6-10(7-9-11)12(21)19-13(18-3)14(15,16)17/h6-9H,4-5H2,1-3H3,(H,18,19,21)/p+1. The highest BCUT2D eigenvalue weighted by Gasteiger charge is 2.35. The van der Waals surface area contributed by atoms with Gasteiger partial charge in [-0.1, -0.05) is 48.7 Å². The van der Waals surface area contributed by atoms with Crippen LogP contribution in [0.15, 0.2) is 29.2 Å². The molecule has 2 N–H and O–H groups in total. The molecule has 0 unspecified atom stereocenters. The van der Waals surface area contributed by atoms with E-state index in [9.17, 15) is 13.2 Å². The number of hydrogen-bond acceptors (Lipinski definition) is 3. The number of nitrogens with one attached hydrogen (secondary N) is 2. The summed E-state index contributed by atoms with van der Waals surface area (Å²) < 4.78 is 24.3. The predicted octanol–water partition coefficient (Wildman–Crippen LogP) is 0.926. The number of hydrogen-bond donors (Lipinski definition) is 2. The summed E-state index contributed by atoms with van der Waals surface area (Å²) >= 11 is 17.1. The Hall–Kier alpha value is -0.860. The summed E-state index contributed by atoms with van der Waals surface area (Å²) in [4.78, 5) is 14.9. The fraction of sp³-hybridized carbons (Fsp3) is 0.429. The number of halogens is 3. The first-order chi connectivity index (χ1) is 11.1. The minimum atomic E-state index is -3.57. The highest BCUT2D eigenvalue weighted by atomic mass is 35.6. The number of alkyl halides is 3. The topological polar surface area (TPSA) is 80.5 Å². The Labute approximate surface area is 156 Å². The van der Waals surface area contributed by atoms with Gasteiger partial charge in [-0.25, -0.2) is 18.5 Å². The number of nitrogens with zero attached hydrogens (tertiary/aromatic N) is 1. The first-order valence-corrected chi connectivity index (χ1v) is 9.68. The fourth-order valence-corrected chi connectivity index (χ4v) is 3.83. The number of rotatable bonds is 5. The molecule has 0 saturated heterocycles. The van der Waals surface area contributed by atoms with Crippen LogP contribution in [-0.4, -0.2) is 48.4 Å². The largest absolute Gasteiger partial charge is 0.338 e. The van der Waals surface area contributed by atoms with E-state index in [1.807, 2.05) is 0 Å². The van der Waals surface area contributed by atoms with Crippen molar-refractivity contribution in [3.05, 3.63) is 29.8 Å². The molecule has 0 atom stereocenters. The van der Waals surface area contributed by atoms with Gasteiger partial charge in [0.05, 0.1) is 17.5 Å². The normalized spacial score (nSPS) is 13.2. The monoisotopic (exact) mass is 414 g/mol. The van der Waals surface area contributed by atoms with Crippen molar-refractivity contribution in [2.45, 2.75) is 22.5 Å². The van der Waals surface area contributed by atoms with Gasteiger partial charge in [-0.15, -0.1) is 0 Å². The van der Waals surface area contributed by atoms with Gasteiger partial charge in [-0.05, 0) is 24.3 Å². The van der Waals surface area contributed by atoms with Crippen molar-refractivity contribution < 1.29 is 18.2 Å². The van der Waals surface area contributed by atoms with Gasteiger partial charge in [-0.3, -0.25) is 4.99 Å². The summed E-state index contributed by atoms with van der Waals surface area (Å²) in [6.07, 6.45) is 0. The van der Waals surface area contributed by atoms with Gasteiger partial charge in [0.1, 0.15) is 0 Å². The molecule has 10 heteroatoms. The summed E-state index contributed by atoms with van der Waals surface area (Å²) in [5.41, 5.74) is 0.232. The Morgan fingerprint density at radius 2 is 1.67 bits per heavy atom. The molecule has 0 aliphatic rings. The van der Waals surface area contributed by atoms with Crippen LogP contribution >= 0.6 is 34.8 Å². The van der Waals surface area contributed by atoms with Crippen LogP contribution in [0.1, 0.15) is 24.2 Å². The summed E-state index contributed by atoms with van der Waals surface area (Å²) in [5, 5.41) is 2.44. The smallest absolute Gasteiger partial charge is 0.277 e. The van der Waals surface area contributed by atoms with Crippen LogP contribution in [0.3, 0.4) is 0 Å². The van der Waals surface area contributed by atoms with Crippen molar-refractivity contribution in [3.63, 3.8) is 0 Å². The van der Waals surface area contributed by atoms with E-state index in [1.54, 1.807) is 13.8 Å². The van der Waals surface area contributed by atoms with Gasteiger partial charge in [0.25, 0.3) is 3.79 Å². The molecular formula is C14H19Cl3N3O3S+. The fourth-order valence-electron chi connectivity index (χ4n) is 1.95. The van der Waals surface area contributed by atoms with Crippen LogP contribution in [0.5, 0.6) is 0 Å². The lowest BCUT2D eigenvalue weighted by Crippen LogP contribution is -2.75. The molecule has 0 fully saturated rings. The van der Waals surface area contributed by atoms with Gasteiger partial charge >= 0.3 is 11.7 Å². The van der Waals surface area contributed by atoms with Crippen molar-refractivity contribution in [1.29, 1.82) is 0 Å². The first-order valence-electron chi connectivity index (χ1n) is 7.11. The van der Waals surface area contributed by atoms with Crippen molar-refractivity contribution in [2.24, 2.45) is 0 Å². The summed E-state index contributed by atoms with van der Waals surface area (Å²) in [6, 6.07) is 5.54. The number of benzene rings is 1. The molecule has 0 bridgehead atoms. The number of carbonyl (C=O) groups is 1. The molecule has 0 aliphatic carbocycles. The van der Waals surface area contributed by atoms with E-state index >= 15 is 0 Å². The molecule has 1 aromatic rings. The molecule has 1 aromatic carbocycles. The van der Waals surface area contributed by atoms with Crippen LogP contribution in [0.2, 0.25) is 0 Å². The number of sulfonamides is 1. The van der Waals surface area contributed by atoms with E-state index in [1.165, 1.54) is 35.6 Å². The number of amides is 1. The van der Waals surface area contributed by atoms with Crippen molar-refractivity contribution >= 4 is 56.6 Å². The summed E-state index contributed by atoms with van der Waals surface area (Å²) in [6.45, 7) is 4.25. The van der Waals surface area contributed by atoms with Gasteiger partial charge in [0, 0.05) is 13.1 Å². The number of carbonyl (C=O) groups excluding carboxylic acids is 1. The van der Waals surface area contributed by atoms with Crippen LogP contribution in [-0.2, 0) is 10.0 Å². The van der Waals surface area contributed by atoms with E-state index in [4.69, 9.17) is 34.8 Å². The molecule has 1 rings (SSSR count). The molecule has 0 heterocycles. The van der Waals surface area contributed by atoms with E-state index in [0.29, 0.717) is 13.1 Å². The van der Waals surface area contributed by atoms with E-state index in [0.717, 1.165) is 0 Å². The lowest BCUT2D eigenvalue weighted by atomic mass is 10.2. The SMILES string of the molecule is CCN(CC)S(=O)(=O)c1ccc(C(=O)NC(=[NH+]C)C(Cl)(Cl)Cl)cc1.